The molecule has 0 bridgehead atoms. The van der Waals surface area contributed by atoms with Crippen LogP contribution in [0.5, 0.6) is 5.75 Å². The average molecular weight is 261 g/mol. The first-order valence-corrected chi connectivity index (χ1v) is 7.01. The molecule has 2 rings (SSSR count). The second-order valence-corrected chi connectivity index (χ2v) is 5.68. The van der Waals surface area contributed by atoms with E-state index < -0.39 is 0 Å². The fraction of sp³-hybridized carbons (Fsp3) is 0.333. The Morgan fingerprint density at radius 3 is 2.50 bits per heavy atom. The van der Waals surface area contributed by atoms with Gasteiger partial charge in [-0.15, -0.1) is 11.3 Å². The number of thiophene rings is 1. The van der Waals surface area contributed by atoms with Gasteiger partial charge in [-0.1, -0.05) is 18.2 Å². The van der Waals surface area contributed by atoms with Gasteiger partial charge in [-0.05, 0) is 48.9 Å². The Kier molecular flexibility index (Phi) is 4.04. The van der Waals surface area contributed by atoms with E-state index in [-0.39, 0.29) is 0 Å². The molecule has 3 heteroatoms. The number of nitrogens with one attached hydrogen (secondary N) is 1. The van der Waals surface area contributed by atoms with Gasteiger partial charge in [-0.25, -0.2) is 0 Å². The highest BCUT2D eigenvalue weighted by Gasteiger charge is 2.07. The Hall–Kier alpha value is -1.32. The van der Waals surface area contributed by atoms with Gasteiger partial charge in [-0.3, -0.25) is 0 Å². The smallest absolute Gasteiger partial charge is 0.121 e. The molecule has 18 heavy (non-hydrogen) atoms. The molecule has 0 aliphatic carbocycles. The summed E-state index contributed by atoms with van der Waals surface area (Å²) in [6.07, 6.45) is 0. The van der Waals surface area contributed by atoms with Gasteiger partial charge < -0.3 is 10.4 Å². The second-order valence-electron chi connectivity index (χ2n) is 4.70. The summed E-state index contributed by atoms with van der Waals surface area (Å²) in [7, 11) is 0. The van der Waals surface area contributed by atoms with Crippen molar-refractivity contribution >= 4 is 11.3 Å². The van der Waals surface area contributed by atoms with Gasteiger partial charge in [0.1, 0.15) is 5.75 Å². The van der Waals surface area contributed by atoms with Crippen molar-refractivity contribution in [3.05, 3.63) is 51.2 Å². The van der Waals surface area contributed by atoms with Crippen molar-refractivity contribution in [2.24, 2.45) is 0 Å². The lowest BCUT2D eigenvalue weighted by atomic mass is 10.1. The van der Waals surface area contributed by atoms with Crippen molar-refractivity contribution in [2.45, 2.75) is 33.4 Å². The van der Waals surface area contributed by atoms with E-state index in [1.165, 1.54) is 10.4 Å². The molecule has 0 saturated heterocycles. The first-order chi connectivity index (χ1) is 8.58. The summed E-state index contributed by atoms with van der Waals surface area (Å²) in [5.41, 5.74) is 3.09. The van der Waals surface area contributed by atoms with Crippen molar-refractivity contribution in [3.8, 4) is 5.75 Å². The molecule has 2 N–H and O–H groups in total. The molecule has 2 nitrogen and oxygen atoms in total. The quantitative estimate of drug-likeness (QED) is 0.874. The van der Waals surface area contributed by atoms with Gasteiger partial charge in [0.25, 0.3) is 0 Å². The zero-order valence-electron chi connectivity index (χ0n) is 11.0. The molecule has 0 aliphatic heterocycles. The van der Waals surface area contributed by atoms with Crippen LogP contribution in [-0.2, 0) is 6.54 Å². The van der Waals surface area contributed by atoms with Gasteiger partial charge in [-0.2, -0.15) is 0 Å². The molecule has 0 spiro atoms. The third-order valence-corrected chi connectivity index (χ3v) is 4.19. The monoisotopic (exact) mass is 261 g/mol. The van der Waals surface area contributed by atoms with Crippen molar-refractivity contribution in [3.63, 3.8) is 0 Å². The van der Waals surface area contributed by atoms with Gasteiger partial charge >= 0.3 is 0 Å². The molecule has 0 saturated carbocycles. The lowest BCUT2D eigenvalue weighted by molar-refractivity contribution is 0.466. The Bertz CT molecular complexity index is 496. The van der Waals surface area contributed by atoms with Crippen LogP contribution in [0.2, 0.25) is 0 Å². The van der Waals surface area contributed by atoms with Crippen molar-refractivity contribution < 1.29 is 5.11 Å². The van der Waals surface area contributed by atoms with Crippen LogP contribution in [0.4, 0.5) is 0 Å². The minimum atomic E-state index is 0.361. The van der Waals surface area contributed by atoms with Crippen LogP contribution in [-0.4, -0.2) is 5.11 Å². The molecule has 0 amide bonds. The predicted molar refractivity (Wildman–Crippen MR) is 77.2 cm³/mol. The maximum atomic E-state index is 9.74. The first kappa shape index (κ1) is 13.1. The number of rotatable bonds is 4. The standard InChI is InChI=1S/C15H19NOS/c1-10-7-13(8-11(2)15(10)17)9-16-12(3)14-5-4-6-18-14/h4-8,12,16-17H,9H2,1-3H3/t12-/m1/s1. The third-order valence-electron chi connectivity index (χ3n) is 3.13. The number of benzene rings is 1. The van der Waals surface area contributed by atoms with Crippen LogP contribution < -0.4 is 5.32 Å². The van der Waals surface area contributed by atoms with E-state index in [9.17, 15) is 5.11 Å². The summed E-state index contributed by atoms with van der Waals surface area (Å²) in [5, 5.41) is 15.3. The Morgan fingerprint density at radius 1 is 1.28 bits per heavy atom. The van der Waals surface area contributed by atoms with E-state index in [1.54, 1.807) is 11.3 Å². The molecule has 0 radical (unpaired) electrons. The van der Waals surface area contributed by atoms with Gasteiger partial charge in [0.15, 0.2) is 0 Å². The number of aryl methyl sites for hydroxylation is 2. The van der Waals surface area contributed by atoms with E-state index >= 15 is 0 Å². The van der Waals surface area contributed by atoms with Crippen LogP contribution >= 0.6 is 11.3 Å². The van der Waals surface area contributed by atoms with Gasteiger partial charge in [0.2, 0.25) is 0 Å². The molecule has 0 fully saturated rings. The van der Waals surface area contributed by atoms with Crippen LogP contribution in [0.15, 0.2) is 29.6 Å². The summed E-state index contributed by atoms with van der Waals surface area (Å²) in [5.74, 6) is 0.407. The van der Waals surface area contributed by atoms with Crippen molar-refractivity contribution in [1.29, 1.82) is 0 Å². The zero-order chi connectivity index (χ0) is 13.1. The molecular formula is C15H19NOS. The topological polar surface area (TPSA) is 32.3 Å². The second kappa shape index (κ2) is 5.55. The van der Waals surface area contributed by atoms with Gasteiger partial charge in [0, 0.05) is 17.5 Å². The summed E-state index contributed by atoms with van der Waals surface area (Å²) in [4.78, 5) is 1.35. The minimum Gasteiger partial charge on any atom is -0.507 e. The van der Waals surface area contributed by atoms with Crippen molar-refractivity contribution in [2.75, 3.05) is 0 Å². The highest BCUT2D eigenvalue weighted by atomic mass is 32.1. The molecule has 1 heterocycles. The largest absolute Gasteiger partial charge is 0.507 e. The normalized spacial score (nSPS) is 12.6. The van der Waals surface area contributed by atoms with E-state index in [1.807, 2.05) is 26.0 Å². The number of hydrogen-bond donors (Lipinski definition) is 2. The molecule has 96 valence electrons. The number of hydrogen-bond acceptors (Lipinski definition) is 3. The highest BCUT2D eigenvalue weighted by Crippen LogP contribution is 2.24. The molecule has 2 aromatic rings. The average Bonchev–Trinajstić information content (AvgIpc) is 2.86. The van der Waals surface area contributed by atoms with E-state index in [0.29, 0.717) is 11.8 Å². The Morgan fingerprint density at radius 2 is 1.94 bits per heavy atom. The number of phenolic OH excluding ortho intramolecular Hbond substituents is 1. The van der Waals surface area contributed by atoms with E-state index in [0.717, 1.165) is 17.7 Å². The first-order valence-electron chi connectivity index (χ1n) is 6.14. The molecule has 0 aliphatic rings. The van der Waals surface area contributed by atoms with Crippen LogP contribution in [0.25, 0.3) is 0 Å². The molecule has 1 aromatic heterocycles. The number of aromatic hydroxyl groups is 1. The zero-order valence-corrected chi connectivity index (χ0v) is 11.8. The summed E-state index contributed by atoms with van der Waals surface area (Å²) in [6.45, 7) is 6.87. The highest BCUT2D eigenvalue weighted by molar-refractivity contribution is 7.10. The molecule has 0 unspecified atom stereocenters. The number of phenols is 1. The SMILES string of the molecule is Cc1cc(CN[C@H](C)c2cccs2)cc(C)c1O. The Labute approximate surface area is 112 Å². The fourth-order valence-electron chi connectivity index (χ4n) is 2.06. The maximum Gasteiger partial charge on any atom is 0.121 e. The lowest BCUT2D eigenvalue weighted by Crippen LogP contribution is -2.17. The third kappa shape index (κ3) is 2.92. The predicted octanol–water partition coefficient (Wildman–Crippen LogP) is 3.92. The molecule has 1 atom stereocenters. The van der Waals surface area contributed by atoms with Crippen LogP contribution in [0.3, 0.4) is 0 Å². The van der Waals surface area contributed by atoms with Crippen LogP contribution in [0, 0.1) is 13.8 Å². The molecular weight excluding hydrogens is 242 g/mol. The summed E-state index contributed by atoms with van der Waals surface area (Å²) < 4.78 is 0. The minimum absolute atomic E-state index is 0.361. The fourth-order valence-corrected chi connectivity index (χ4v) is 2.82. The summed E-state index contributed by atoms with van der Waals surface area (Å²) >= 11 is 1.77. The van der Waals surface area contributed by atoms with Crippen molar-refractivity contribution in [1.82, 2.24) is 5.32 Å². The summed E-state index contributed by atoms with van der Waals surface area (Å²) in [6, 6.07) is 8.66. The van der Waals surface area contributed by atoms with Crippen LogP contribution in [0.1, 0.15) is 34.5 Å². The molecule has 1 aromatic carbocycles. The Balaban J connectivity index is 2.02. The lowest BCUT2D eigenvalue weighted by Gasteiger charge is -2.13. The van der Waals surface area contributed by atoms with E-state index in [2.05, 4.69) is 29.8 Å². The maximum absolute atomic E-state index is 9.74. The van der Waals surface area contributed by atoms with Gasteiger partial charge in [0.05, 0.1) is 0 Å². The van der Waals surface area contributed by atoms with E-state index in [4.69, 9.17) is 0 Å².